The smallest absolute Gasteiger partial charge is 0.227 e. The first kappa shape index (κ1) is 16.8. The highest BCUT2D eigenvalue weighted by Gasteiger charge is 2.34. The maximum atomic E-state index is 12.4. The Labute approximate surface area is 150 Å². The van der Waals surface area contributed by atoms with Crippen LogP contribution in [0.15, 0.2) is 48.5 Å². The van der Waals surface area contributed by atoms with Crippen molar-refractivity contribution in [1.82, 2.24) is 5.32 Å². The van der Waals surface area contributed by atoms with Crippen LogP contribution in [0.25, 0.3) is 0 Å². The van der Waals surface area contributed by atoms with E-state index in [-0.39, 0.29) is 24.2 Å². The molecule has 1 saturated heterocycles. The maximum absolute atomic E-state index is 12.4. The highest BCUT2D eigenvalue weighted by Crippen LogP contribution is 2.25. The molecule has 0 radical (unpaired) electrons. The summed E-state index contributed by atoms with van der Waals surface area (Å²) in [5.74, 6) is -0.539. The molecule has 2 aromatic rings. The molecule has 2 amide bonds. The van der Waals surface area contributed by atoms with Crippen LogP contribution in [0.2, 0.25) is 10.0 Å². The minimum Gasteiger partial charge on any atom is -0.352 e. The van der Waals surface area contributed by atoms with Crippen LogP contribution in [0, 0.1) is 5.92 Å². The second-order valence-electron chi connectivity index (χ2n) is 5.69. The van der Waals surface area contributed by atoms with E-state index >= 15 is 0 Å². The van der Waals surface area contributed by atoms with Crippen molar-refractivity contribution in [3.8, 4) is 0 Å². The Kier molecular flexibility index (Phi) is 5.07. The number of hydrogen-bond acceptors (Lipinski definition) is 2. The third kappa shape index (κ3) is 3.71. The highest BCUT2D eigenvalue weighted by atomic mass is 35.5. The average Bonchev–Trinajstić information content (AvgIpc) is 2.96. The van der Waals surface area contributed by atoms with Crippen molar-refractivity contribution >= 4 is 40.7 Å². The van der Waals surface area contributed by atoms with Gasteiger partial charge in [-0.2, -0.15) is 0 Å². The summed E-state index contributed by atoms with van der Waals surface area (Å²) in [5.41, 5.74) is 1.61. The second-order valence-corrected chi connectivity index (χ2v) is 6.54. The van der Waals surface area contributed by atoms with Gasteiger partial charge in [-0.05, 0) is 29.8 Å². The van der Waals surface area contributed by atoms with E-state index < -0.39 is 0 Å². The molecule has 0 aliphatic carbocycles. The van der Waals surface area contributed by atoms with E-state index in [0.29, 0.717) is 23.1 Å². The lowest BCUT2D eigenvalue weighted by Gasteiger charge is -2.16. The van der Waals surface area contributed by atoms with E-state index in [1.165, 1.54) is 0 Å². The van der Waals surface area contributed by atoms with Gasteiger partial charge in [0, 0.05) is 35.2 Å². The molecule has 1 unspecified atom stereocenters. The number of halogens is 2. The van der Waals surface area contributed by atoms with Gasteiger partial charge in [-0.1, -0.05) is 47.5 Å². The Morgan fingerprint density at radius 2 is 1.92 bits per heavy atom. The van der Waals surface area contributed by atoms with E-state index in [9.17, 15) is 9.59 Å². The quantitative estimate of drug-likeness (QED) is 0.901. The van der Waals surface area contributed by atoms with Gasteiger partial charge in [-0.25, -0.2) is 0 Å². The standard InChI is InChI=1S/C18H16Cl2N2O2/c19-14-7-6-12(16(20)9-14)10-21-18(24)13-8-17(23)22(11-13)15-4-2-1-3-5-15/h1-7,9,13H,8,10-11H2,(H,21,24). The van der Waals surface area contributed by atoms with Gasteiger partial charge in [0.25, 0.3) is 0 Å². The van der Waals surface area contributed by atoms with Gasteiger partial charge in [0.05, 0.1) is 5.92 Å². The zero-order valence-corrected chi connectivity index (χ0v) is 14.3. The topological polar surface area (TPSA) is 49.4 Å². The first-order valence-electron chi connectivity index (χ1n) is 7.61. The number of carbonyl (C=O) groups excluding carboxylic acids is 2. The minimum atomic E-state index is -0.358. The molecule has 2 aromatic carbocycles. The molecule has 24 heavy (non-hydrogen) atoms. The fourth-order valence-corrected chi connectivity index (χ4v) is 3.21. The normalized spacial score (nSPS) is 17.2. The summed E-state index contributed by atoms with van der Waals surface area (Å²) in [5, 5.41) is 3.91. The Bertz CT molecular complexity index is 765. The lowest BCUT2D eigenvalue weighted by atomic mass is 10.1. The molecule has 0 aromatic heterocycles. The SMILES string of the molecule is O=C(NCc1ccc(Cl)cc1Cl)C1CC(=O)N(c2ccccc2)C1. The molecule has 1 atom stereocenters. The molecule has 1 fully saturated rings. The van der Waals surface area contributed by atoms with Gasteiger partial charge in [0.2, 0.25) is 11.8 Å². The van der Waals surface area contributed by atoms with Crippen LogP contribution in [0.5, 0.6) is 0 Å². The number of nitrogens with one attached hydrogen (secondary N) is 1. The number of nitrogens with zero attached hydrogens (tertiary/aromatic N) is 1. The predicted octanol–water partition coefficient (Wildman–Crippen LogP) is 3.66. The monoisotopic (exact) mass is 362 g/mol. The molecule has 0 spiro atoms. The zero-order valence-electron chi connectivity index (χ0n) is 12.8. The molecule has 1 N–H and O–H groups in total. The zero-order chi connectivity index (χ0) is 17.1. The molecule has 1 aliphatic heterocycles. The van der Waals surface area contributed by atoms with Gasteiger partial charge in [0.1, 0.15) is 0 Å². The van der Waals surface area contributed by atoms with E-state index in [2.05, 4.69) is 5.32 Å². The van der Waals surface area contributed by atoms with Gasteiger partial charge in [-0.15, -0.1) is 0 Å². The molecule has 4 nitrogen and oxygen atoms in total. The summed E-state index contributed by atoms with van der Waals surface area (Å²) < 4.78 is 0. The molecule has 6 heteroatoms. The van der Waals surface area contributed by atoms with Crippen molar-refractivity contribution in [3.63, 3.8) is 0 Å². The summed E-state index contributed by atoms with van der Waals surface area (Å²) >= 11 is 12.0. The molecule has 0 bridgehead atoms. The molecular formula is C18H16Cl2N2O2. The molecule has 1 heterocycles. The maximum Gasteiger partial charge on any atom is 0.227 e. The van der Waals surface area contributed by atoms with Crippen molar-refractivity contribution in [2.75, 3.05) is 11.4 Å². The fourth-order valence-electron chi connectivity index (χ4n) is 2.73. The summed E-state index contributed by atoms with van der Waals surface area (Å²) in [7, 11) is 0. The molecule has 3 rings (SSSR count). The van der Waals surface area contributed by atoms with Crippen LogP contribution in [0.4, 0.5) is 5.69 Å². The van der Waals surface area contributed by atoms with E-state index in [0.717, 1.165) is 11.3 Å². The van der Waals surface area contributed by atoms with Crippen molar-refractivity contribution in [1.29, 1.82) is 0 Å². The van der Waals surface area contributed by atoms with Crippen LogP contribution in [-0.2, 0) is 16.1 Å². The number of hydrogen-bond donors (Lipinski definition) is 1. The van der Waals surface area contributed by atoms with Crippen LogP contribution in [0.3, 0.4) is 0 Å². The molecule has 0 saturated carbocycles. The summed E-state index contributed by atoms with van der Waals surface area (Å²) in [6.45, 7) is 0.702. The summed E-state index contributed by atoms with van der Waals surface area (Å²) in [6.07, 6.45) is 0.217. The molecule has 1 aliphatic rings. The van der Waals surface area contributed by atoms with Gasteiger partial charge >= 0.3 is 0 Å². The van der Waals surface area contributed by atoms with Crippen LogP contribution >= 0.6 is 23.2 Å². The van der Waals surface area contributed by atoms with Gasteiger partial charge in [0.15, 0.2) is 0 Å². The van der Waals surface area contributed by atoms with Crippen LogP contribution < -0.4 is 10.2 Å². The van der Waals surface area contributed by atoms with E-state index in [4.69, 9.17) is 23.2 Å². The minimum absolute atomic E-state index is 0.0362. The van der Waals surface area contributed by atoms with Crippen molar-refractivity contribution < 1.29 is 9.59 Å². The van der Waals surface area contributed by atoms with Crippen LogP contribution in [-0.4, -0.2) is 18.4 Å². The first-order valence-corrected chi connectivity index (χ1v) is 8.37. The third-order valence-corrected chi connectivity index (χ3v) is 4.62. The van der Waals surface area contributed by atoms with Crippen molar-refractivity contribution in [2.24, 2.45) is 5.92 Å². The largest absolute Gasteiger partial charge is 0.352 e. The number of anilines is 1. The van der Waals surface area contributed by atoms with Gasteiger partial charge < -0.3 is 10.2 Å². The second kappa shape index (κ2) is 7.24. The lowest BCUT2D eigenvalue weighted by molar-refractivity contribution is -0.126. The third-order valence-electron chi connectivity index (χ3n) is 4.03. The van der Waals surface area contributed by atoms with Crippen molar-refractivity contribution in [2.45, 2.75) is 13.0 Å². The molecule has 124 valence electrons. The number of carbonyl (C=O) groups is 2. The lowest BCUT2D eigenvalue weighted by Crippen LogP contribution is -2.32. The van der Waals surface area contributed by atoms with Crippen LogP contribution in [0.1, 0.15) is 12.0 Å². The number of para-hydroxylation sites is 1. The number of rotatable bonds is 4. The number of benzene rings is 2. The van der Waals surface area contributed by atoms with E-state index in [1.54, 1.807) is 23.1 Å². The highest BCUT2D eigenvalue weighted by molar-refractivity contribution is 6.35. The van der Waals surface area contributed by atoms with E-state index in [1.807, 2.05) is 30.3 Å². The Morgan fingerprint density at radius 3 is 2.62 bits per heavy atom. The Balaban J connectivity index is 1.61. The number of amides is 2. The Hall–Kier alpha value is -2.04. The predicted molar refractivity (Wildman–Crippen MR) is 95.2 cm³/mol. The summed E-state index contributed by atoms with van der Waals surface area (Å²) in [6, 6.07) is 14.5. The summed E-state index contributed by atoms with van der Waals surface area (Å²) in [4.78, 5) is 26.2. The first-order chi connectivity index (χ1) is 11.5. The Morgan fingerprint density at radius 1 is 1.17 bits per heavy atom. The van der Waals surface area contributed by atoms with Crippen molar-refractivity contribution in [3.05, 3.63) is 64.1 Å². The fraction of sp³-hybridized carbons (Fsp3) is 0.222. The van der Waals surface area contributed by atoms with Gasteiger partial charge in [-0.3, -0.25) is 9.59 Å². The average molecular weight is 363 g/mol. The molecular weight excluding hydrogens is 347 g/mol.